The zero-order valence-corrected chi connectivity index (χ0v) is 15.7. The number of aromatic amines is 1. The van der Waals surface area contributed by atoms with Gasteiger partial charge in [0.05, 0.1) is 19.4 Å². The summed E-state index contributed by atoms with van der Waals surface area (Å²) in [5.41, 5.74) is 5.37. The highest BCUT2D eigenvalue weighted by molar-refractivity contribution is 5.74. The van der Waals surface area contributed by atoms with E-state index in [-0.39, 0.29) is 23.1 Å². The van der Waals surface area contributed by atoms with Crippen LogP contribution in [-0.2, 0) is 4.74 Å². The van der Waals surface area contributed by atoms with E-state index in [2.05, 4.69) is 25.2 Å². The number of nitrogen functional groups attached to an aromatic ring is 1. The molecule has 0 saturated carbocycles. The van der Waals surface area contributed by atoms with E-state index < -0.39 is 36.7 Å². The van der Waals surface area contributed by atoms with Crippen LogP contribution in [0.2, 0.25) is 0 Å². The molecule has 1 aliphatic rings. The molecule has 3 heterocycles. The normalized spacial score (nSPS) is 24.1. The summed E-state index contributed by atoms with van der Waals surface area (Å²) in [7, 11) is 1.54. The number of nitrogens with one attached hydrogen (secondary N) is 1. The Hall–Kier alpha value is -3.39. The summed E-state index contributed by atoms with van der Waals surface area (Å²) in [5, 5.41) is 38.1. The quantitative estimate of drug-likeness (QED) is 0.348. The van der Waals surface area contributed by atoms with Crippen molar-refractivity contribution in [1.29, 1.82) is 0 Å². The van der Waals surface area contributed by atoms with Gasteiger partial charge in [0.25, 0.3) is 11.5 Å². The summed E-state index contributed by atoms with van der Waals surface area (Å²) < 4.78 is 11.8. The van der Waals surface area contributed by atoms with E-state index in [1.807, 2.05) is 0 Å². The van der Waals surface area contributed by atoms with Gasteiger partial charge in [-0.2, -0.15) is 4.98 Å². The molecule has 0 unspecified atom stereocenters. The summed E-state index contributed by atoms with van der Waals surface area (Å²) in [4.78, 5) is 22.8. The number of fused-ring (bicyclic) bond motifs is 1. The number of rotatable bonds is 5. The lowest BCUT2D eigenvalue weighted by atomic mass is 10.1. The first-order valence-corrected chi connectivity index (χ1v) is 8.89. The van der Waals surface area contributed by atoms with Gasteiger partial charge >= 0.3 is 0 Å². The van der Waals surface area contributed by atoms with Crippen LogP contribution in [0.5, 0.6) is 5.75 Å². The van der Waals surface area contributed by atoms with Crippen LogP contribution >= 0.6 is 0 Å². The fourth-order valence-electron chi connectivity index (χ4n) is 3.14. The van der Waals surface area contributed by atoms with Crippen molar-refractivity contribution < 1.29 is 24.8 Å². The van der Waals surface area contributed by atoms with Crippen LogP contribution in [0.1, 0.15) is 6.23 Å². The first-order valence-electron chi connectivity index (χ1n) is 8.89. The topological polar surface area (TPSA) is 193 Å². The maximum absolute atomic E-state index is 12.3. The summed E-state index contributed by atoms with van der Waals surface area (Å²) in [6, 6.07) is 6.70. The van der Waals surface area contributed by atoms with Crippen LogP contribution in [0.15, 0.2) is 39.3 Å². The predicted octanol–water partition coefficient (Wildman–Crippen LogP) is -0.263. The monoisotopic (exact) mass is 417 g/mol. The average molecular weight is 417 g/mol. The third-order valence-corrected chi connectivity index (χ3v) is 4.65. The Labute approximate surface area is 168 Å². The fourth-order valence-corrected chi connectivity index (χ4v) is 3.14. The van der Waals surface area contributed by atoms with Gasteiger partial charge in [0.1, 0.15) is 24.1 Å². The zero-order chi connectivity index (χ0) is 21.4. The molecule has 0 amide bonds. The number of H-pyrrole nitrogens is 1. The number of imidazole rings is 1. The Kier molecular flexibility index (Phi) is 5.17. The van der Waals surface area contributed by atoms with E-state index in [4.69, 9.17) is 15.2 Å². The van der Waals surface area contributed by atoms with E-state index in [0.29, 0.717) is 11.4 Å². The van der Waals surface area contributed by atoms with E-state index in [1.165, 1.54) is 11.7 Å². The summed E-state index contributed by atoms with van der Waals surface area (Å²) in [6.45, 7) is -0.528. The minimum absolute atomic E-state index is 0.0187. The van der Waals surface area contributed by atoms with Gasteiger partial charge in [-0.1, -0.05) is 0 Å². The lowest BCUT2D eigenvalue weighted by molar-refractivity contribution is -0.0503. The Balaban J connectivity index is 1.82. The van der Waals surface area contributed by atoms with Gasteiger partial charge in [0, 0.05) is 0 Å². The molecule has 0 radical (unpaired) electrons. The standard InChI is InChI=1S/C17H19N7O6/c1-29-8-4-2-7(3-5-8)22-23-17-19-10-13(20-16(18)21-14(10)28)24(17)15-12(27)11(26)9(6-25)30-15/h2-5,9,11-12,15,25-27H,6H2,1H3,(H3,18,20,21,28)/b23-22+/t9-,11-,12-,15-/m1/s1. The summed E-state index contributed by atoms with van der Waals surface area (Å²) >= 11 is 0. The number of anilines is 1. The van der Waals surface area contributed by atoms with Crippen molar-refractivity contribution in [3.05, 3.63) is 34.6 Å². The molecular formula is C17H19N7O6. The SMILES string of the molecule is COc1ccc(/N=N/c2nc3c(=O)[nH]c(N)nc3n2[C@@H]2O[C@H](CO)[C@@H](O)[C@H]2O)cc1. The van der Waals surface area contributed by atoms with Crippen LogP contribution in [0.25, 0.3) is 11.2 Å². The molecule has 4 atom stereocenters. The van der Waals surface area contributed by atoms with Crippen molar-refractivity contribution >= 4 is 28.7 Å². The van der Waals surface area contributed by atoms with Gasteiger partial charge in [-0.25, -0.2) is 4.98 Å². The molecule has 1 aromatic carbocycles. The second-order valence-electron chi connectivity index (χ2n) is 6.53. The molecule has 1 fully saturated rings. The van der Waals surface area contributed by atoms with Gasteiger partial charge in [-0.15, -0.1) is 10.2 Å². The Morgan fingerprint density at radius 2 is 1.97 bits per heavy atom. The van der Waals surface area contributed by atoms with Gasteiger partial charge in [0.15, 0.2) is 17.4 Å². The number of nitrogens with two attached hydrogens (primary N) is 1. The number of aliphatic hydroxyl groups excluding tert-OH is 3. The number of azo groups is 1. The van der Waals surface area contributed by atoms with Gasteiger partial charge < -0.3 is 30.5 Å². The molecule has 6 N–H and O–H groups in total. The molecule has 13 heteroatoms. The highest BCUT2D eigenvalue weighted by atomic mass is 16.6. The van der Waals surface area contributed by atoms with Gasteiger partial charge in [-0.05, 0) is 24.3 Å². The zero-order valence-electron chi connectivity index (χ0n) is 15.7. The first kappa shape index (κ1) is 19.9. The predicted molar refractivity (Wildman–Crippen MR) is 103 cm³/mol. The third kappa shape index (κ3) is 3.39. The van der Waals surface area contributed by atoms with Crippen LogP contribution in [0.4, 0.5) is 17.6 Å². The number of nitrogens with zero attached hydrogens (tertiary/aromatic N) is 5. The molecule has 3 aromatic rings. The lowest BCUT2D eigenvalue weighted by Gasteiger charge is -2.17. The molecule has 30 heavy (non-hydrogen) atoms. The van der Waals surface area contributed by atoms with E-state index in [0.717, 1.165) is 0 Å². The van der Waals surface area contributed by atoms with Crippen LogP contribution in [0, 0.1) is 0 Å². The van der Waals surface area contributed by atoms with Gasteiger partial charge in [-0.3, -0.25) is 14.3 Å². The van der Waals surface area contributed by atoms with Crippen LogP contribution < -0.4 is 16.0 Å². The minimum atomic E-state index is -1.45. The fraction of sp³-hybridized carbons (Fsp3) is 0.353. The largest absolute Gasteiger partial charge is 0.497 e. The molecule has 1 saturated heterocycles. The minimum Gasteiger partial charge on any atom is -0.497 e. The Morgan fingerprint density at radius 3 is 2.60 bits per heavy atom. The number of aliphatic hydroxyl groups is 3. The molecule has 2 aromatic heterocycles. The number of hydrogen-bond acceptors (Lipinski definition) is 11. The molecule has 0 spiro atoms. The van der Waals surface area contributed by atoms with E-state index in [1.54, 1.807) is 24.3 Å². The first-order chi connectivity index (χ1) is 14.4. The Bertz CT molecular complexity index is 1140. The maximum Gasteiger partial charge on any atom is 0.280 e. The average Bonchev–Trinajstić information content (AvgIpc) is 3.24. The third-order valence-electron chi connectivity index (χ3n) is 4.65. The van der Waals surface area contributed by atoms with E-state index >= 15 is 0 Å². The second kappa shape index (κ2) is 7.79. The molecule has 0 bridgehead atoms. The molecule has 4 rings (SSSR count). The molecular weight excluding hydrogens is 398 g/mol. The maximum atomic E-state index is 12.3. The number of benzene rings is 1. The molecule has 13 nitrogen and oxygen atoms in total. The van der Waals surface area contributed by atoms with Crippen molar-refractivity contribution in [2.24, 2.45) is 10.2 Å². The smallest absolute Gasteiger partial charge is 0.280 e. The molecule has 158 valence electrons. The van der Waals surface area contributed by atoms with Crippen LogP contribution in [-0.4, -0.2) is 66.9 Å². The number of hydrogen-bond donors (Lipinski definition) is 5. The number of ether oxygens (including phenoxy) is 2. The van der Waals surface area contributed by atoms with Crippen molar-refractivity contribution in [3.8, 4) is 5.75 Å². The summed E-state index contributed by atoms with van der Waals surface area (Å²) in [5.74, 6) is 0.345. The Morgan fingerprint density at radius 1 is 1.23 bits per heavy atom. The second-order valence-corrected chi connectivity index (χ2v) is 6.53. The van der Waals surface area contributed by atoms with Crippen molar-refractivity contribution in [2.75, 3.05) is 19.5 Å². The number of methoxy groups -OCH3 is 1. The highest BCUT2D eigenvalue weighted by Gasteiger charge is 2.45. The van der Waals surface area contributed by atoms with Gasteiger partial charge in [0.2, 0.25) is 5.95 Å². The molecule has 0 aliphatic carbocycles. The van der Waals surface area contributed by atoms with Crippen LogP contribution in [0.3, 0.4) is 0 Å². The molecule has 1 aliphatic heterocycles. The number of aromatic nitrogens is 4. The highest BCUT2D eigenvalue weighted by Crippen LogP contribution is 2.35. The van der Waals surface area contributed by atoms with Crippen molar-refractivity contribution in [1.82, 2.24) is 19.5 Å². The lowest BCUT2D eigenvalue weighted by Crippen LogP contribution is -2.33. The summed E-state index contributed by atoms with van der Waals surface area (Å²) in [6.07, 6.45) is -5.10. The van der Waals surface area contributed by atoms with E-state index in [9.17, 15) is 20.1 Å². The van der Waals surface area contributed by atoms with Crippen molar-refractivity contribution in [3.63, 3.8) is 0 Å². The van der Waals surface area contributed by atoms with Crippen molar-refractivity contribution in [2.45, 2.75) is 24.5 Å².